The summed E-state index contributed by atoms with van der Waals surface area (Å²) in [6.07, 6.45) is -2.76. The van der Waals surface area contributed by atoms with E-state index in [2.05, 4.69) is 5.32 Å². The summed E-state index contributed by atoms with van der Waals surface area (Å²) in [5.74, 6) is -6.94. The van der Waals surface area contributed by atoms with Crippen LogP contribution in [0.5, 0.6) is 0 Å². The summed E-state index contributed by atoms with van der Waals surface area (Å²) in [5.41, 5.74) is 1.63. The molecule has 7 nitrogen and oxygen atoms in total. The van der Waals surface area contributed by atoms with Gasteiger partial charge in [-0.15, -0.1) is 0 Å². The maximum absolute atomic E-state index is 15.3. The summed E-state index contributed by atoms with van der Waals surface area (Å²) in [6.45, 7) is 0.484. The second kappa shape index (κ2) is 14.2. The number of hydrogen-bond donors (Lipinski definition) is 3. The Hall–Kier alpha value is -4.11. The summed E-state index contributed by atoms with van der Waals surface area (Å²) in [7, 11) is 0. The highest BCUT2D eigenvalue weighted by molar-refractivity contribution is 5.95. The van der Waals surface area contributed by atoms with Gasteiger partial charge >= 0.3 is 5.97 Å². The van der Waals surface area contributed by atoms with Crippen molar-refractivity contribution < 1.29 is 33.0 Å². The van der Waals surface area contributed by atoms with E-state index in [9.17, 15) is 19.5 Å². The van der Waals surface area contributed by atoms with Gasteiger partial charge in [-0.05, 0) is 29.7 Å². The number of hydrogen-bond acceptors (Lipinski definition) is 5. The number of halogens is 2. The van der Waals surface area contributed by atoms with Gasteiger partial charge in [0.25, 0.3) is 11.8 Å². The molecule has 0 aliphatic rings. The lowest BCUT2D eigenvalue weighted by atomic mass is 9.84. The second-order valence-corrected chi connectivity index (χ2v) is 9.10. The van der Waals surface area contributed by atoms with Crippen LogP contribution in [0.3, 0.4) is 0 Å². The number of amides is 2. The molecule has 3 atom stereocenters. The van der Waals surface area contributed by atoms with Crippen molar-refractivity contribution in [2.24, 2.45) is 0 Å². The summed E-state index contributed by atoms with van der Waals surface area (Å²) >= 11 is 0. The number of esters is 1. The maximum atomic E-state index is 15.3. The van der Waals surface area contributed by atoms with Gasteiger partial charge in [-0.2, -0.15) is 0 Å². The Balaban J connectivity index is 1.67. The average molecular weight is 539 g/mol. The molecule has 2 amide bonds. The highest BCUT2D eigenvalue weighted by Gasteiger charge is 2.46. The van der Waals surface area contributed by atoms with Crippen LogP contribution < -0.4 is 10.6 Å². The zero-order chi connectivity index (χ0) is 28.3. The molecule has 3 unspecified atom stereocenters. The fraction of sp³-hybridized carbons (Fsp3) is 0.300. The molecule has 0 heterocycles. The Bertz CT molecular complexity index is 1210. The molecule has 3 aromatic rings. The first kappa shape index (κ1) is 29.4. The van der Waals surface area contributed by atoms with Gasteiger partial charge in [0.1, 0.15) is 19.1 Å². The smallest absolute Gasteiger partial charge is 0.315 e. The first-order valence-corrected chi connectivity index (χ1v) is 12.6. The number of nitrogens with one attached hydrogen (secondary N) is 2. The molecule has 0 aliphatic heterocycles. The van der Waals surface area contributed by atoms with Gasteiger partial charge in [0, 0.05) is 11.5 Å². The van der Waals surface area contributed by atoms with Crippen molar-refractivity contribution in [3.05, 3.63) is 108 Å². The van der Waals surface area contributed by atoms with Crippen molar-refractivity contribution >= 4 is 17.8 Å². The minimum Gasteiger partial charge on any atom is -0.460 e. The minimum atomic E-state index is -3.83. The first-order valence-electron chi connectivity index (χ1n) is 12.6. The van der Waals surface area contributed by atoms with Crippen molar-refractivity contribution in [3.8, 4) is 0 Å². The normalized spacial score (nSPS) is 13.5. The van der Waals surface area contributed by atoms with E-state index in [4.69, 9.17) is 4.74 Å². The van der Waals surface area contributed by atoms with Crippen LogP contribution in [0.15, 0.2) is 91.0 Å². The van der Waals surface area contributed by atoms with Gasteiger partial charge in [-0.3, -0.25) is 14.4 Å². The summed E-state index contributed by atoms with van der Waals surface area (Å²) in [4.78, 5) is 37.0. The third-order valence-electron chi connectivity index (χ3n) is 6.28. The molecule has 0 bridgehead atoms. The molecule has 0 fully saturated rings. The predicted octanol–water partition coefficient (Wildman–Crippen LogP) is 4.22. The lowest BCUT2D eigenvalue weighted by Crippen LogP contribution is -2.57. The Morgan fingerprint density at radius 3 is 2.05 bits per heavy atom. The monoisotopic (exact) mass is 538 g/mol. The van der Waals surface area contributed by atoms with E-state index < -0.39 is 54.7 Å². The molecule has 0 aliphatic carbocycles. The Kier molecular flexibility index (Phi) is 10.7. The Morgan fingerprint density at radius 2 is 1.46 bits per heavy atom. The molecular formula is C30H32F2N2O5. The number of benzene rings is 3. The quantitative estimate of drug-likeness (QED) is 0.223. The predicted molar refractivity (Wildman–Crippen MR) is 142 cm³/mol. The van der Waals surface area contributed by atoms with Gasteiger partial charge in [-0.25, -0.2) is 8.78 Å². The molecule has 39 heavy (non-hydrogen) atoms. The topological polar surface area (TPSA) is 105 Å². The van der Waals surface area contributed by atoms with Crippen molar-refractivity contribution in [1.29, 1.82) is 0 Å². The van der Waals surface area contributed by atoms with Gasteiger partial charge < -0.3 is 20.5 Å². The standard InChI is InChI=1S/C30H32F2N2O5/c1-2-24(22-14-8-4-9-15-22)27(34-29(38)23-16-10-5-11-17-23)28(37)30(31,32)20-33-25(35)18-26(36)39-19-21-12-6-3-7-13-21/h3-17,24,27-28,37H,2,18-20H2,1H3,(H,33,35)(H,34,38). The number of ether oxygens (including phenoxy) is 1. The maximum Gasteiger partial charge on any atom is 0.315 e. The summed E-state index contributed by atoms with van der Waals surface area (Å²) < 4.78 is 35.5. The van der Waals surface area contributed by atoms with Crippen LogP contribution in [0.2, 0.25) is 0 Å². The highest BCUT2D eigenvalue weighted by atomic mass is 19.3. The lowest BCUT2D eigenvalue weighted by Gasteiger charge is -2.35. The second-order valence-electron chi connectivity index (χ2n) is 9.10. The number of aliphatic hydroxyl groups excluding tert-OH is 1. The molecule has 9 heteroatoms. The van der Waals surface area contributed by atoms with Crippen molar-refractivity contribution in [3.63, 3.8) is 0 Å². The number of carbonyl (C=O) groups is 3. The highest BCUT2D eigenvalue weighted by Crippen LogP contribution is 2.31. The van der Waals surface area contributed by atoms with Crippen molar-refractivity contribution in [2.75, 3.05) is 6.54 Å². The third-order valence-corrected chi connectivity index (χ3v) is 6.28. The summed E-state index contributed by atoms with van der Waals surface area (Å²) in [6, 6.07) is 24.2. The molecule has 3 aromatic carbocycles. The van der Waals surface area contributed by atoms with Crippen LogP contribution in [-0.2, 0) is 20.9 Å². The van der Waals surface area contributed by atoms with Crippen LogP contribution in [0.25, 0.3) is 0 Å². The molecule has 0 radical (unpaired) electrons. The average Bonchev–Trinajstić information content (AvgIpc) is 2.96. The zero-order valence-corrected chi connectivity index (χ0v) is 21.6. The van der Waals surface area contributed by atoms with Crippen LogP contribution >= 0.6 is 0 Å². The van der Waals surface area contributed by atoms with E-state index >= 15 is 8.78 Å². The Labute approximate surface area is 226 Å². The third kappa shape index (κ3) is 8.71. The lowest BCUT2D eigenvalue weighted by molar-refractivity contribution is -0.149. The van der Waals surface area contributed by atoms with Gasteiger partial charge in [-0.1, -0.05) is 85.8 Å². The van der Waals surface area contributed by atoms with Crippen LogP contribution in [-0.4, -0.2) is 47.5 Å². The molecule has 0 saturated heterocycles. The Morgan fingerprint density at radius 1 is 0.897 bits per heavy atom. The van der Waals surface area contributed by atoms with Crippen molar-refractivity contribution in [2.45, 2.75) is 50.4 Å². The zero-order valence-electron chi connectivity index (χ0n) is 21.6. The van der Waals surface area contributed by atoms with E-state index in [0.29, 0.717) is 17.5 Å². The number of alkyl halides is 2. The van der Waals surface area contributed by atoms with Gasteiger partial charge in [0.2, 0.25) is 5.91 Å². The summed E-state index contributed by atoms with van der Waals surface area (Å²) in [5, 5.41) is 15.5. The number of aliphatic hydroxyl groups is 1. The van der Waals surface area contributed by atoms with E-state index in [1.807, 2.05) is 5.32 Å². The number of rotatable bonds is 13. The van der Waals surface area contributed by atoms with E-state index in [0.717, 1.165) is 0 Å². The molecule has 206 valence electrons. The molecule has 0 spiro atoms. The fourth-order valence-corrected chi connectivity index (χ4v) is 4.19. The SMILES string of the molecule is CCC(c1ccccc1)C(NC(=O)c1ccccc1)C(O)C(F)(F)CNC(=O)CC(=O)OCc1ccccc1. The van der Waals surface area contributed by atoms with Crippen LogP contribution in [0.1, 0.15) is 47.2 Å². The van der Waals surface area contributed by atoms with Crippen molar-refractivity contribution in [1.82, 2.24) is 10.6 Å². The van der Waals surface area contributed by atoms with Gasteiger partial charge in [0.05, 0.1) is 12.6 Å². The molecule has 0 saturated carbocycles. The largest absolute Gasteiger partial charge is 0.460 e. The van der Waals surface area contributed by atoms with Gasteiger partial charge in [0.15, 0.2) is 0 Å². The molecule has 0 aromatic heterocycles. The molecular weight excluding hydrogens is 506 g/mol. The van der Waals surface area contributed by atoms with Crippen LogP contribution in [0.4, 0.5) is 8.78 Å². The van der Waals surface area contributed by atoms with Crippen LogP contribution in [0, 0.1) is 0 Å². The molecule has 3 rings (SSSR count). The minimum absolute atomic E-state index is 0.0531. The van der Waals surface area contributed by atoms with E-state index in [1.54, 1.807) is 85.8 Å². The fourth-order valence-electron chi connectivity index (χ4n) is 4.19. The number of carbonyl (C=O) groups excluding carboxylic acids is 3. The van der Waals surface area contributed by atoms with E-state index in [-0.39, 0.29) is 12.2 Å². The first-order chi connectivity index (χ1) is 18.7. The van der Waals surface area contributed by atoms with E-state index in [1.165, 1.54) is 12.1 Å². The molecule has 3 N–H and O–H groups in total.